The van der Waals surface area contributed by atoms with Crippen LogP contribution in [0.2, 0.25) is 0 Å². The van der Waals surface area contributed by atoms with Gasteiger partial charge in [0.05, 0.1) is 6.04 Å². The van der Waals surface area contributed by atoms with Crippen molar-refractivity contribution in [3.63, 3.8) is 0 Å². The van der Waals surface area contributed by atoms with Crippen LogP contribution >= 0.6 is 0 Å². The van der Waals surface area contributed by atoms with Crippen molar-refractivity contribution in [2.75, 3.05) is 23.8 Å². The van der Waals surface area contributed by atoms with E-state index in [9.17, 15) is 4.79 Å². The number of nitrogens with one attached hydrogen (secondary N) is 2. The minimum atomic E-state index is -0.500. The predicted molar refractivity (Wildman–Crippen MR) is 96.3 cm³/mol. The van der Waals surface area contributed by atoms with Crippen LogP contribution in [0.5, 0.6) is 0 Å². The van der Waals surface area contributed by atoms with E-state index < -0.39 is 6.04 Å². The lowest BCUT2D eigenvalue weighted by Crippen LogP contribution is -2.44. The SMILES string of the molecule is NC(C(=O)Nc1cccc(Nc2ccccc2)c1)C1CCOCC1. The van der Waals surface area contributed by atoms with E-state index in [2.05, 4.69) is 10.6 Å². The lowest BCUT2D eigenvalue weighted by atomic mass is 9.92. The number of para-hydroxylation sites is 1. The zero-order chi connectivity index (χ0) is 16.8. The Morgan fingerprint density at radius 2 is 1.67 bits per heavy atom. The molecule has 5 heteroatoms. The summed E-state index contributed by atoms with van der Waals surface area (Å²) < 4.78 is 5.32. The molecule has 0 radical (unpaired) electrons. The van der Waals surface area contributed by atoms with Crippen LogP contribution in [0.1, 0.15) is 12.8 Å². The maximum Gasteiger partial charge on any atom is 0.241 e. The molecule has 4 N–H and O–H groups in total. The largest absolute Gasteiger partial charge is 0.381 e. The maximum atomic E-state index is 12.4. The first-order valence-electron chi connectivity index (χ1n) is 8.29. The molecule has 2 aromatic rings. The molecule has 2 aromatic carbocycles. The minimum absolute atomic E-state index is 0.140. The number of nitrogens with two attached hydrogens (primary N) is 1. The molecule has 1 unspecified atom stereocenters. The molecule has 1 aliphatic rings. The van der Waals surface area contributed by atoms with E-state index >= 15 is 0 Å². The van der Waals surface area contributed by atoms with Crippen LogP contribution in [-0.4, -0.2) is 25.2 Å². The molecule has 5 nitrogen and oxygen atoms in total. The second kappa shape index (κ2) is 7.95. The Morgan fingerprint density at radius 1 is 1.00 bits per heavy atom. The number of benzene rings is 2. The molecule has 1 heterocycles. The minimum Gasteiger partial charge on any atom is -0.381 e. The zero-order valence-electron chi connectivity index (χ0n) is 13.6. The number of carbonyl (C=O) groups is 1. The Labute approximate surface area is 142 Å². The van der Waals surface area contributed by atoms with Crippen LogP contribution in [0, 0.1) is 5.92 Å². The number of anilines is 3. The molecule has 0 spiro atoms. The summed E-state index contributed by atoms with van der Waals surface area (Å²) in [5, 5.41) is 6.23. The first kappa shape index (κ1) is 16.5. The highest BCUT2D eigenvalue weighted by Gasteiger charge is 2.26. The highest BCUT2D eigenvalue weighted by atomic mass is 16.5. The summed E-state index contributed by atoms with van der Waals surface area (Å²) in [5.74, 6) is 0.0446. The zero-order valence-corrected chi connectivity index (χ0v) is 13.6. The molecule has 3 rings (SSSR count). The summed E-state index contributed by atoms with van der Waals surface area (Å²) in [5.41, 5.74) is 8.77. The number of ether oxygens (including phenoxy) is 1. The second-order valence-electron chi connectivity index (χ2n) is 6.04. The normalized spacial score (nSPS) is 16.4. The third-order valence-electron chi connectivity index (χ3n) is 4.27. The Kier molecular flexibility index (Phi) is 5.46. The van der Waals surface area contributed by atoms with Crippen molar-refractivity contribution >= 4 is 23.0 Å². The van der Waals surface area contributed by atoms with Gasteiger partial charge in [0.15, 0.2) is 0 Å². The number of amides is 1. The lowest BCUT2D eigenvalue weighted by molar-refractivity contribution is -0.119. The second-order valence-corrected chi connectivity index (χ2v) is 6.04. The molecule has 0 aliphatic carbocycles. The Morgan fingerprint density at radius 3 is 2.42 bits per heavy atom. The lowest BCUT2D eigenvalue weighted by Gasteiger charge is -2.26. The quantitative estimate of drug-likeness (QED) is 0.789. The number of rotatable bonds is 5. The van der Waals surface area contributed by atoms with Gasteiger partial charge in [0.2, 0.25) is 5.91 Å². The van der Waals surface area contributed by atoms with E-state index in [1.54, 1.807) is 0 Å². The average molecular weight is 325 g/mol. The van der Waals surface area contributed by atoms with Crippen molar-refractivity contribution in [1.82, 2.24) is 0 Å². The van der Waals surface area contributed by atoms with Gasteiger partial charge in [-0.05, 0) is 49.1 Å². The van der Waals surface area contributed by atoms with Gasteiger partial charge in [0.1, 0.15) is 0 Å². The average Bonchev–Trinajstić information content (AvgIpc) is 2.63. The van der Waals surface area contributed by atoms with Crippen molar-refractivity contribution in [2.24, 2.45) is 11.7 Å². The van der Waals surface area contributed by atoms with Gasteiger partial charge in [0.25, 0.3) is 0 Å². The molecule has 1 saturated heterocycles. The van der Waals surface area contributed by atoms with Gasteiger partial charge in [-0.2, -0.15) is 0 Å². The van der Waals surface area contributed by atoms with Gasteiger partial charge in [-0.15, -0.1) is 0 Å². The number of hydrogen-bond donors (Lipinski definition) is 3. The molecule has 1 aliphatic heterocycles. The van der Waals surface area contributed by atoms with Crippen molar-refractivity contribution in [3.05, 3.63) is 54.6 Å². The smallest absolute Gasteiger partial charge is 0.241 e. The predicted octanol–water partition coefficient (Wildman–Crippen LogP) is 3.12. The van der Waals surface area contributed by atoms with Gasteiger partial charge >= 0.3 is 0 Å². The summed E-state index contributed by atoms with van der Waals surface area (Å²) >= 11 is 0. The van der Waals surface area contributed by atoms with E-state index in [4.69, 9.17) is 10.5 Å². The van der Waals surface area contributed by atoms with Gasteiger partial charge in [-0.25, -0.2) is 0 Å². The third-order valence-corrected chi connectivity index (χ3v) is 4.27. The van der Waals surface area contributed by atoms with Crippen molar-refractivity contribution in [1.29, 1.82) is 0 Å². The molecule has 24 heavy (non-hydrogen) atoms. The first-order chi connectivity index (χ1) is 11.7. The van der Waals surface area contributed by atoms with E-state index in [1.807, 2.05) is 54.6 Å². The summed E-state index contributed by atoms with van der Waals surface area (Å²) in [4.78, 5) is 12.4. The molecule has 1 atom stereocenters. The van der Waals surface area contributed by atoms with Crippen LogP contribution in [0.15, 0.2) is 54.6 Å². The van der Waals surface area contributed by atoms with Gasteiger partial charge in [-0.1, -0.05) is 24.3 Å². The van der Waals surface area contributed by atoms with E-state index in [0.717, 1.165) is 29.9 Å². The van der Waals surface area contributed by atoms with Crippen LogP contribution in [0.4, 0.5) is 17.1 Å². The van der Waals surface area contributed by atoms with Crippen molar-refractivity contribution < 1.29 is 9.53 Å². The molecule has 0 bridgehead atoms. The first-order valence-corrected chi connectivity index (χ1v) is 8.29. The highest BCUT2D eigenvalue weighted by molar-refractivity contribution is 5.95. The maximum absolute atomic E-state index is 12.4. The fourth-order valence-electron chi connectivity index (χ4n) is 2.88. The summed E-state index contributed by atoms with van der Waals surface area (Å²) in [6, 6.07) is 17.0. The van der Waals surface area contributed by atoms with E-state index in [1.165, 1.54) is 0 Å². The highest BCUT2D eigenvalue weighted by Crippen LogP contribution is 2.22. The standard InChI is InChI=1S/C19H23N3O2/c20-18(14-9-11-24-12-10-14)19(23)22-17-8-4-7-16(13-17)21-15-5-2-1-3-6-15/h1-8,13-14,18,21H,9-12,20H2,(H,22,23). The molecular formula is C19H23N3O2. The van der Waals surface area contributed by atoms with Crippen molar-refractivity contribution in [3.8, 4) is 0 Å². The van der Waals surface area contributed by atoms with Crippen LogP contribution in [0.25, 0.3) is 0 Å². The molecule has 1 amide bonds. The van der Waals surface area contributed by atoms with Crippen LogP contribution in [0.3, 0.4) is 0 Å². The van der Waals surface area contributed by atoms with Gasteiger partial charge in [-0.3, -0.25) is 4.79 Å². The topological polar surface area (TPSA) is 76.4 Å². The van der Waals surface area contributed by atoms with Crippen LogP contribution < -0.4 is 16.4 Å². The third kappa shape index (κ3) is 4.34. The van der Waals surface area contributed by atoms with E-state index in [0.29, 0.717) is 13.2 Å². The molecular weight excluding hydrogens is 302 g/mol. The molecule has 0 aromatic heterocycles. The van der Waals surface area contributed by atoms with Crippen molar-refractivity contribution in [2.45, 2.75) is 18.9 Å². The monoisotopic (exact) mass is 325 g/mol. The van der Waals surface area contributed by atoms with E-state index in [-0.39, 0.29) is 11.8 Å². The summed E-state index contributed by atoms with van der Waals surface area (Å²) in [7, 11) is 0. The molecule has 126 valence electrons. The Balaban J connectivity index is 1.62. The molecule has 0 saturated carbocycles. The fraction of sp³-hybridized carbons (Fsp3) is 0.316. The summed E-state index contributed by atoms with van der Waals surface area (Å²) in [6.07, 6.45) is 1.67. The molecule has 1 fully saturated rings. The fourth-order valence-corrected chi connectivity index (χ4v) is 2.88. The van der Waals surface area contributed by atoms with Crippen LogP contribution in [-0.2, 0) is 9.53 Å². The van der Waals surface area contributed by atoms with Gasteiger partial charge < -0.3 is 21.1 Å². The summed E-state index contributed by atoms with van der Waals surface area (Å²) in [6.45, 7) is 1.37. The Bertz CT molecular complexity index is 669. The Hall–Kier alpha value is -2.37. The number of hydrogen-bond acceptors (Lipinski definition) is 4. The number of carbonyl (C=O) groups excluding carboxylic acids is 1. The van der Waals surface area contributed by atoms with Gasteiger partial charge in [0, 0.05) is 30.3 Å².